The fraction of sp³-hybridized carbons (Fsp3) is 0.0376. The molecule has 24 aromatic rings. The number of furan rings is 2. The number of hydrogen-bond donors (Lipinski definition) is 0. The molecule has 0 bridgehead atoms. The van der Waals surface area contributed by atoms with E-state index in [4.69, 9.17) is 8.83 Å². The molecule has 7 heteroatoms. The van der Waals surface area contributed by atoms with Crippen molar-refractivity contribution >= 4 is 155 Å². The average Bonchev–Trinajstić information content (AvgIpc) is 1.56. The second kappa shape index (κ2) is 35.4. The number of rotatable bonds is 18. The third kappa shape index (κ3) is 14.9. The van der Waals surface area contributed by atoms with E-state index in [-0.39, 0.29) is 17.2 Å². The number of halogens is 1. The molecule has 0 N–H and O–H groups in total. The van der Waals surface area contributed by atoms with Gasteiger partial charge in [0.25, 0.3) is 0 Å². The van der Waals surface area contributed by atoms with Crippen LogP contribution in [0.25, 0.3) is 154 Å². The lowest BCUT2D eigenvalue weighted by Crippen LogP contribution is -2.16. The first kappa shape index (κ1) is 83.9. The van der Waals surface area contributed by atoms with E-state index in [1.165, 1.54) is 55.1 Å². The molecule has 6 nitrogen and oxygen atoms in total. The molecule has 2 aromatic heterocycles. The highest BCUT2D eigenvalue weighted by molar-refractivity contribution is 6.32. The van der Waals surface area contributed by atoms with Crippen LogP contribution in [0.5, 0.6) is 0 Å². The van der Waals surface area contributed by atoms with Crippen molar-refractivity contribution in [1.29, 1.82) is 0 Å². The molecule has 0 saturated carbocycles. The summed E-state index contributed by atoms with van der Waals surface area (Å²) in [5.74, 6) is -0.198. The van der Waals surface area contributed by atoms with Gasteiger partial charge in [0.05, 0.1) is 22.7 Å². The molecular weight excluding hydrogens is 1700 g/mol. The maximum Gasteiger partial charge on any atom is 0.148 e. The van der Waals surface area contributed by atoms with Gasteiger partial charge in [0.2, 0.25) is 0 Å². The number of nitrogens with zero attached hydrogens (tertiary/aromatic N) is 4. The maximum absolute atomic E-state index is 17.3. The first-order chi connectivity index (χ1) is 69.1. The van der Waals surface area contributed by atoms with Crippen LogP contribution in [0, 0.1) is 5.82 Å². The molecule has 0 aliphatic heterocycles. The van der Waals surface area contributed by atoms with E-state index in [0.717, 1.165) is 184 Å². The van der Waals surface area contributed by atoms with Gasteiger partial charge >= 0.3 is 0 Å². The molecule has 1 atom stereocenters. The summed E-state index contributed by atoms with van der Waals surface area (Å²) in [6.07, 6.45) is 9.24. The van der Waals surface area contributed by atoms with Crippen LogP contribution in [0.4, 0.5) is 72.6 Å². The number of allylic oxidation sites excluding steroid dienone is 4. The Morgan fingerprint density at radius 3 is 1.07 bits per heavy atom. The van der Waals surface area contributed by atoms with E-state index in [9.17, 15) is 0 Å². The monoisotopic (exact) mass is 1800 g/mol. The third-order valence-electron chi connectivity index (χ3n) is 28.4. The van der Waals surface area contributed by atoms with Gasteiger partial charge in [-0.1, -0.05) is 354 Å². The van der Waals surface area contributed by atoms with Crippen molar-refractivity contribution in [2.24, 2.45) is 0 Å². The molecule has 1 unspecified atom stereocenters. The predicted molar refractivity (Wildman–Crippen MR) is 587 cm³/mol. The van der Waals surface area contributed by atoms with E-state index in [1.54, 1.807) is 6.07 Å². The zero-order chi connectivity index (χ0) is 93.3. The van der Waals surface area contributed by atoms with Gasteiger partial charge in [-0.3, -0.25) is 0 Å². The van der Waals surface area contributed by atoms with Crippen LogP contribution in [-0.2, 0) is 5.41 Å². The smallest absolute Gasteiger partial charge is 0.148 e. The summed E-state index contributed by atoms with van der Waals surface area (Å²) in [6.45, 7) is 4.69. The summed E-state index contributed by atoms with van der Waals surface area (Å²) in [7, 11) is 0. The van der Waals surface area contributed by atoms with Gasteiger partial charge in [0, 0.05) is 118 Å². The quantitative estimate of drug-likeness (QED) is 0.0798. The van der Waals surface area contributed by atoms with Crippen molar-refractivity contribution in [3.63, 3.8) is 0 Å². The zero-order valence-corrected chi connectivity index (χ0v) is 77.3. The fourth-order valence-electron chi connectivity index (χ4n) is 21.8. The average molecular weight is 1800 g/mol. The number of anilines is 12. The van der Waals surface area contributed by atoms with Crippen LogP contribution in [0.2, 0.25) is 0 Å². The van der Waals surface area contributed by atoms with Gasteiger partial charge in [-0.15, -0.1) is 0 Å². The molecule has 0 saturated heterocycles. The molecule has 2 aliphatic rings. The molecule has 22 aromatic carbocycles. The Morgan fingerprint density at radius 1 is 0.243 bits per heavy atom. The number of benzene rings is 22. The first-order valence-electron chi connectivity index (χ1n) is 48.1. The lowest BCUT2D eigenvalue weighted by Gasteiger charge is -2.29. The second-order valence-electron chi connectivity index (χ2n) is 36.9. The molecule has 0 amide bonds. The summed E-state index contributed by atoms with van der Waals surface area (Å²) in [4.78, 5) is 9.10. The Bertz CT molecular complexity index is 8930. The molecular formula is C133H93FN4O2. The van der Waals surface area contributed by atoms with Gasteiger partial charge < -0.3 is 28.4 Å². The SMILES string of the molecule is CC1(C)c2ccccc2-c2ccc(N(c3ccccc3)c3ccc4c(c3)oc3c5ccc(-c6ccc(N(c7ccccc7)c7ccccc7-c7ccccc7)cc6)cc5c5ccccc5c43)cc21.Fc1cc(C2C=CC=CC2)cc(-c2ccccc2)c1N(c1ccccc1)c1ccc2c(c1)oc1c3ccc(-c4ccc(N(c5ccccc5)c5ccccc5-c5ccccc5)cc4)cc3c3ccccc3c21. The third-order valence-corrected chi connectivity index (χ3v) is 28.4. The van der Waals surface area contributed by atoms with Crippen LogP contribution < -0.4 is 19.6 Å². The van der Waals surface area contributed by atoms with Crippen LogP contribution >= 0.6 is 0 Å². The lowest BCUT2D eigenvalue weighted by atomic mass is 9.82. The summed E-state index contributed by atoms with van der Waals surface area (Å²) in [6, 6.07) is 172. The highest BCUT2D eigenvalue weighted by Crippen LogP contribution is 2.55. The van der Waals surface area contributed by atoms with Crippen LogP contribution in [0.15, 0.2) is 518 Å². The van der Waals surface area contributed by atoms with E-state index < -0.39 is 0 Å². The molecule has 26 rings (SSSR count). The molecule has 0 radical (unpaired) electrons. The minimum absolute atomic E-state index is 0.0874. The molecule has 0 fully saturated rings. The Hall–Kier alpha value is -17.9. The normalized spacial score (nSPS) is 13.0. The standard InChI is InChI=1S/C68H47FN2O.C65H46N2O/c69-63-44-51(46-20-6-1-7-21-46)43-61(49-24-10-3-11-25-49)67(63)71(53-28-14-5-15-29-53)55-39-41-60-65(45-55)72-68-59-40-36-50(42-62(59)57-31-16-17-32-58(57)66(60)68)47-34-37-54(38-35-47)70(52-26-12-4-13-27-52)64-33-19-18-30-56(64)48-22-8-2-9-23-48;1-65(2)59-28-16-14-26-53(59)54-38-35-49(41-60(54)65)66(46-20-8-4-9-21-46)50-36-39-57-62(42-50)68-64-56-37-32-45(40-58(56)52-25-12-13-27-55(52)63(57)64)43-30-33-48(34-31-43)67(47-22-10-5-11-23-47)61-29-17-15-24-51(61)44-18-6-3-7-19-44/h1-20,22-46H,21H2;3-42H,1-2H3. The van der Waals surface area contributed by atoms with E-state index in [2.05, 4.69) is 484 Å². The molecule has 664 valence electrons. The highest BCUT2D eigenvalue weighted by Gasteiger charge is 2.37. The molecule has 2 aliphatic carbocycles. The van der Waals surface area contributed by atoms with E-state index >= 15 is 4.39 Å². The summed E-state index contributed by atoms with van der Waals surface area (Å²) >= 11 is 0. The molecule has 0 spiro atoms. The van der Waals surface area contributed by atoms with E-state index in [1.807, 2.05) is 53.4 Å². The van der Waals surface area contributed by atoms with E-state index in [0.29, 0.717) is 5.69 Å². The van der Waals surface area contributed by atoms with Crippen molar-refractivity contribution in [3.05, 3.63) is 532 Å². The van der Waals surface area contributed by atoms with Crippen molar-refractivity contribution in [2.45, 2.75) is 31.6 Å². The Balaban J connectivity index is 0.000000148. The van der Waals surface area contributed by atoms with Crippen LogP contribution in [-0.4, -0.2) is 0 Å². The second-order valence-corrected chi connectivity index (χ2v) is 36.9. The number of hydrogen-bond acceptors (Lipinski definition) is 6. The van der Waals surface area contributed by atoms with Crippen molar-refractivity contribution < 1.29 is 13.2 Å². The minimum Gasteiger partial charge on any atom is -0.455 e. The van der Waals surface area contributed by atoms with Gasteiger partial charge in [0.15, 0.2) is 0 Å². The van der Waals surface area contributed by atoms with Crippen molar-refractivity contribution in [2.75, 3.05) is 19.6 Å². The summed E-state index contributed by atoms with van der Waals surface area (Å²) < 4.78 is 31.4. The van der Waals surface area contributed by atoms with Gasteiger partial charge in [-0.25, -0.2) is 4.39 Å². The minimum atomic E-state index is -0.285. The van der Waals surface area contributed by atoms with Crippen LogP contribution in [0.1, 0.15) is 42.9 Å². The summed E-state index contributed by atoms with van der Waals surface area (Å²) in [5.41, 5.74) is 32.5. The maximum atomic E-state index is 17.3. The van der Waals surface area contributed by atoms with Gasteiger partial charge in [0.1, 0.15) is 28.1 Å². The fourth-order valence-corrected chi connectivity index (χ4v) is 21.8. The highest BCUT2D eigenvalue weighted by atomic mass is 19.1. The Labute approximate surface area is 812 Å². The Kier molecular flexibility index (Phi) is 21.2. The van der Waals surface area contributed by atoms with Gasteiger partial charge in [-0.05, 0) is 263 Å². The predicted octanol–water partition coefficient (Wildman–Crippen LogP) is 38.0. The van der Waals surface area contributed by atoms with Crippen LogP contribution in [0.3, 0.4) is 0 Å². The van der Waals surface area contributed by atoms with Gasteiger partial charge in [-0.2, -0.15) is 0 Å². The van der Waals surface area contributed by atoms with Crippen molar-refractivity contribution in [3.8, 4) is 66.8 Å². The number of para-hydroxylation sites is 6. The molecule has 2 heterocycles. The van der Waals surface area contributed by atoms with Crippen molar-refractivity contribution in [1.82, 2.24) is 0 Å². The number of fused-ring (bicyclic) bond motifs is 19. The Morgan fingerprint density at radius 2 is 0.600 bits per heavy atom. The lowest BCUT2D eigenvalue weighted by molar-refractivity contribution is 0.625. The largest absolute Gasteiger partial charge is 0.455 e. The summed E-state index contributed by atoms with van der Waals surface area (Å²) in [5, 5.41) is 13.4. The zero-order valence-electron chi connectivity index (χ0n) is 77.3. The first-order valence-corrected chi connectivity index (χ1v) is 48.1. The topological polar surface area (TPSA) is 39.2 Å². The molecule has 140 heavy (non-hydrogen) atoms.